The summed E-state index contributed by atoms with van der Waals surface area (Å²) >= 11 is 0. The number of ether oxygens (including phenoxy) is 1. The molecule has 1 aliphatic heterocycles. The Bertz CT molecular complexity index is 397. The fraction of sp³-hybridized carbons (Fsp3) is 0.600. The number of nitrogens with one attached hydrogen (secondary N) is 1. The predicted molar refractivity (Wildman–Crippen MR) is 74.8 cm³/mol. The van der Waals surface area contributed by atoms with Crippen LogP contribution in [0.4, 0.5) is 4.39 Å². The summed E-state index contributed by atoms with van der Waals surface area (Å²) in [5, 5.41) is 3.14. The number of hydrogen-bond acceptors (Lipinski definition) is 3. The van der Waals surface area contributed by atoms with Crippen LogP contribution in [0.15, 0.2) is 24.3 Å². The van der Waals surface area contributed by atoms with Crippen LogP contribution in [0.5, 0.6) is 0 Å². The minimum Gasteiger partial charge on any atom is -0.374 e. The number of rotatable bonds is 5. The summed E-state index contributed by atoms with van der Waals surface area (Å²) in [5.74, 6) is -0.102. The summed E-state index contributed by atoms with van der Waals surface area (Å²) in [6, 6.07) is 7.37. The fourth-order valence-electron chi connectivity index (χ4n) is 2.60. The van der Waals surface area contributed by atoms with E-state index in [4.69, 9.17) is 4.74 Å². The minimum absolute atomic E-state index is 0.102. The zero-order chi connectivity index (χ0) is 13.7. The molecule has 0 aromatic heterocycles. The number of likely N-dealkylation sites (N-methyl/N-ethyl adjacent to an activating group) is 1. The lowest BCUT2D eigenvalue weighted by molar-refractivity contribution is -0.0387. The van der Waals surface area contributed by atoms with Gasteiger partial charge in [0.25, 0.3) is 0 Å². The highest BCUT2D eigenvalue weighted by Gasteiger charge is 2.24. The minimum atomic E-state index is -0.102. The van der Waals surface area contributed by atoms with Gasteiger partial charge < -0.3 is 10.1 Å². The Kier molecular flexibility index (Phi) is 5.31. The standard InChI is InChI=1S/C15H23FN2O/c1-12(9-13-5-3-4-6-15(13)16)18-7-8-19-14(11-18)10-17-2/h3-6,12,14,17H,7-11H2,1-2H3. The van der Waals surface area contributed by atoms with Crippen LogP contribution in [0.1, 0.15) is 12.5 Å². The summed E-state index contributed by atoms with van der Waals surface area (Å²) in [6.07, 6.45) is 0.987. The van der Waals surface area contributed by atoms with E-state index in [1.54, 1.807) is 6.07 Å². The topological polar surface area (TPSA) is 24.5 Å². The van der Waals surface area contributed by atoms with Crippen molar-refractivity contribution in [1.82, 2.24) is 10.2 Å². The first-order chi connectivity index (χ1) is 9.20. The molecule has 0 saturated carbocycles. The van der Waals surface area contributed by atoms with Gasteiger partial charge in [-0.15, -0.1) is 0 Å². The van der Waals surface area contributed by atoms with Crippen LogP contribution in [-0.2, 0) is 11.2 Å². The van der Waals surface area contributed by atoms with Crippen LogP contribution >= 0.6 is 0 Å². The Morgan fingerprint density at radius 1 is 1.47 bits per heavy atom. The maximum Gasteiger partial charge on any atom is 0.126 e. The van der Waals surface area contributed by atoms with Crippen molar-refractivity contribution >= 4 is 0 Å². The van der Waals surface area contributed by atoms with Gasteiger partial charge >= 0.3 is 0 Å². The summed E-state index contributed by atoms with van der Waals surface area (Å²) in [6.45, 7) is 5.62. The molecular formula is C15H23FN2O. The molecule has 2 atom stereocenters. The van der Waals surface area contributed by atoms with Gasteiger partial charge in [0.1, 0.15) is 5.82 Å². The van der Waals surface area contributed by atoms with Crippen molar-refractivity contribution in [2.24, 2.45) is 0 Å². The van der Waals surface area contributed by atoms with Gasteiger partial charge in [0, 0.05) is 25.7 Å². The van der Waals surface area contributed by atoms with E-state index in [0.29, 0.717) is 6.04 Å². The molecule has 0 bridgehead atoms. The molecule has 19 heavy (non-hydrogen) atoms. The van der Waals surface area contributed by atoms with Crippen LogP contribution in [0.3, 0.4) is 0 Å². The molecule has 0 spiro atoms. The number of morpholine rings is 1. The van der Waals surface area contributed by atoms with Gasteiger partial charge in [0.05, 0.1) is 12.7 Å². The summed E-state index contributed by atoms with van der Waals surface area (Å²) in [5.41, 5.74) is 0.798. The zero-order valence-electron chi connectivity index (χ0n) is 11.7. The summed E-state index contributed by atoms with van der Waals surface area (Å²) in [4.78, 5) is 2.39. The van der Waals surface area contributed by atoms with E-state index in [-0.39, 0.29) is 11.9 Å². The molecule has 2 unspecified atom stereocenters. The Morgan fingerprint density at radius 2 is 2.26 bits per heavy atom. The van der Waals surface area contributed by atoms with Crippen molar-refractivity contribution in [3.8, 4) is 0 Å². The van der Waals surface area contributed by atoms with E-state index in [9.17, 15) is 4.39 Å². The quantitative estimate of drug-likeness (QED) is 0.877. The van der Waals surface area contributed by atoms with Gasteiger partial charge in [0.15, 0.2) is 0 Å². The SMILES string of the molecule is CNCC1CN(C(C)Cc2ccccc2F)CCO1. The first kappa shape index (κ1) is 14.4. The molecule has 2 rings (SSSR count). The Hall–Kier alpha value is -0.970. The number of nitrogens with zero attached hydrogens (tertiary/aromatic N) is 1. The van der Waals surface area contributed by atoms with Gasteiger partial charge in [-0.1, -0.05) is 18.2 Å². The van der Waals surface area contributed by atoms with Crippen LogP contribution in [0, 0.1) is 5.82 Å². The lowest BCUT2D eigenvalue weighted by Crippen LogP contribution is -2.50. The second kappa shape index (κ2) is 6.98. The van der Waals surface area contributed by atoms with Crippen LogP contribution in [-0.4, -0.2) is 50.3 Å². The molecule has 0 radical (unpaired) electrons. The smallest absolute Gasteiger partial charge is 0.126 e. The maximum absolute atomic E-state index is 13.7. The van der Waals surface area contributed by atoms with E-state index < -0.39 is 0 Å². The van der Waals surface area contributed by atoms with Gasteiger partial charge in [-0.2, -0.15) is 0 Å². The molecule has 106 valence electrons. The fourth-order valence-corrected chi connectivity index (χ4v) is 2.60. The highest BCUT2D eigenvalue weighted by molar-refractivity contribution is 5.18. The third-order valence-electron chi connectivity index (χ3n) is 3.70. The molecule has 1 aliphatic rings. The van der Waals surface area contributed by atoms with Crippen LogP contribution in [0.25, 0.3) is 0 Å². The number of hydrogen-bond donors (Lipinski definition) is 1. The lowest BCUT2D eigenvalue weighted by Gasteiger charge is -2.37. The molecular weight excluding hydrogens is 243 g/mol. The molecule has 1 fully saturated rings. The van der Waals surface area contributed by atoms with E-state index in [1.165, 1.54) is 6.07 Å². The average molecular weight is 266 g/mol. The van der Waals surface area contributed by atoms with E-state index in [2.05, 4.69) is 17.1 Å². The Labute approximate surface area is 114 Å². The van der Waals surface area contributed by atoms with E-state index in [1.807, 2.05) is 19.2 Å². The highest BCUT2D eigenvalue weighted by atomic mass is 19.1. The molecule has 1 saturated heterocycles. The molecule has 3 nitrogen and oxygen atoms in total. The molecule has 1 aromatic carbocycles. The van der Waals surface area contributed by atoms with E-state index >= 15 is 0 Å². The lowest BCUT2D eigenvalue weighted by atomic mass is 10.0. The van der Waals surface area contributed by atoms with Crippen molar-refractivity contribution in [1.29, 1.82) is 0 Å². The molecule has 1 heterocycles. The summed E-state index contributed by atoms with van der Waals surface area (Å²) in [7, 11) is 1.94. The Balaban J connectivity index is 1.92. The molecule has 1 N–H and O–H groups in total. The molecule has 1 aromatic rings. The van der Waals surface area contributed by atoms with E-state index in [0.717, 1.165) is 38.2 Å². The van der Waals surface area contributed by atoms with Gasteiger partial charge in [-0.25, -0.2) is 4.39 Å². The first-order valence-electron chi connectivity index (χ1n) is 6.94. The second-order valence-electron chi connectivity index (χ2n) is 5.19. The largest absolute Gasteiger partial charge is 0.374 e. The normalized spacial score (nSPS) is 22.4. The van der Waals surface area contributed by atoms with Crippen molar-refractivity contribution in [2.75, 3.05) is 33.3 Å². The molecule has 0 amide bonds. The molecule has 4 heteroatoms. The maximum atomic E-state index is 13.7. The highest BCUT2D eigenvalue weighted by Crippen LogP contribution is 2.15. The average Bonchev–Trinajstić information content (AvgIpc) is 2.42. The van der Waals surface area contributed by atoms with Gasteiger partial charge in [-0.05, 0) is 32.0 Å². The Morgan fingerprint density at radius 3 is 3.00 bits per heavy atom. The monoisotopic (exact) mass is 266 g/mol. The van der Waals surface area contributed by atoms with Gasteiger partial charge in [0.2, 0.25) is 0 Å². The number of halogens is 1. The second-order valence-corrected chi connectivity index (χ2v) is 5.19. The van der Waals surface area contributed by atoms with Crippen LogP contribution in [0.2, 0.25) is 0 Å². The zero-order valence-corrected chi connectivity index (χ0v) is 11.7. The van der Waals surface area contributed by atoms with Gasteiger partial charge in [-0.3, -0.25) is 4.90 Å². The van der Waals surface area contributed by atoms with Crippen molar-refractivity contribution in [2.45, 2.75) is 25.5 Å². The first-order valence-corrected chi connectivity index (χ1v) is 6.94. The summed E-state index contributed by atoms with van der Waals surface area (Å²) < 4.78 is 19.4. The third-order valence-corrected chi connectivity index (χ3v) is 3.70. The van der Waals surface area contributed by atoms with Crippen molar-refractivity contribution in [3.63, 3.8) is 0 Å². The van der Waals surface area contributed by atoms with Crippen molar-refractivity contribution in [3.05, 3.63) is 35.6 Å². The predicted octanol–water partition coefficient (Wildman–Crippen LogP) is 1.68. The third kappa shape index (κ3) is 4.00. The van der Waals surface area contributed by atoms with Crippen molar-refractivity contribution < 1.29 is 9.13 Å². The molecule has 0 aliphatic carbocycles. The van der Waals surface area contributed by atoms with Crippen LogP contribution < -0.4 is 5.32 Å². The number of benzene rings is 1.